The average Bonchev–Trinajstić information content (AvgIpc) is 3.10. The lowest BCUT2D eigenvalue weighted by Gasteiger charge is -2.14. The molecule has 6 heteroatoms. The fourth-order valence-corrected chi connectivity index (χ4v) is 2.45. The second kappa shape index (κ2) is 7.53. The molecule has 138 valence electrons. The van der Waals surface area contributed by atoms with E-state index in [9.17, 15) is 9.18 Å². The van der Waals surface area contributed by atoms with Crippen molar-refractivity contribution in [3.8, 4) is 5.69 Å². The van der Waals surface area contributed by atoms with Crippen molar-refractivity contribution in [3.63, 3.8) is 0 Å². The monoisotopic (exact) mass is 364 g/mol. The zero-order valence-electron chi connectivity index (χ0n) is 15.5. The number of nitrogens with zero attached hydrogens (tertiary/aromatic N) is 3. The van der Waals surface area contributed by atoms with Gasteiger partial charge in [0.25, 0.3) is 5.91 Å². The van der Waals surface area contributed by atoms with Crippen LogP contribution in [0.3, 0.4) is 0 Å². The van der Waals surface area contributed by atoms with E-state index in [4.69, 9.17) is 0 Å². The minimum atomic E-state index is -0.375. The fraction of sp³-hybridized carbons (Fsp3) is 0.190. The Balaban J connectivity index is 1.86. The largest absolute Gasteiger partial charge is 0.290 e. The third kappa shape index (κ3) is 4.47. The van der Waals surface area contributed by atoms with E-state index in [1.54, 1.807) is 22.9 Å². The Morgan fingerprint density at radius 3 is 2.41 bits per heavy atom. The van der Waals surface area contributed by atoms with Crippen LogP contribution in [0.4, 0.5) is 4.39 Å². The number of carbonyl (C=O) groups is 1. The summed E-state index contributed by atoms with van der Waals surface area (Å²) >= 11 is 0. The van der Waals surface area contributed by atoms with Crippen LogP contribution in [0, 0.1) is 5.82 Å². The van der Waals surface area contributed by atoms with Gasteiger partial charge < -0.3 is 0 Å². The summed E-state index contributed by atoms with van der Waals surface area (Å²) in [6.07, 6.45) is 1.46. The van der Waals surface area contributed by atoms with Crippen LogP contribution >= 0.6 is 0 Å². The topological polar surface area (TPSA) is 59.3 Å². The van der Waals surface area contributed by atoms with E-state index >= 15 is 0 Å². The second-order valence-corrected chi connectivity index (χ2v) is 7.16. The lowest BCUT2D eigenvalue weighted by Crippen LogP contribution is -2.21. The molecule has 27 heavy (non-hydrogen) atoms. The molecule has 0 aliphatic rings. The zero-order chi connectivity index (χ0) is 19.4. The van der Waals surface area contributed by atoms with E-state index in [1.807, 2.05) is 51.1 Å². The Kier molecular flexibility index (Phi) is 5.16. The number of rotatable bonds is 4. The molecule has 0 spiro atoms. The number of nitrogens with one attached hydrogen (secondary N) is 1. The maximum absolute atomic E-state index is 12.9. The van der Waals surface area contributed by atoms with E-state index in [1.165, 1.54) is 18.3 Å². The molecular weight excluding hydrogens is 343 g/mol. The van der Waals surface area contributed by atoms with E-state index < -0.39 is 0 Å². The molecule has 0 saturated carbocycles. The molecule has 0 saturated heterocycles. The summed E-state index contributed by atoms with van der Waals surface area (Å²) in [7, 11) is 0. The number of para-hydroxylation sites is 1. The van der Waals surface area contributed by atoms with Crippen LogP contribution < -0.4 is 5.43 Å². The van der Waals surface area contributed by atoms with Crippen LogP contribution in [0.2, 0.25) is 0 Å². The molecule has 3 aromatic rings. The van der Waals surface area contributed by atoms with Gasteiger partial charge >= 0.3 is 0 Å². The first kappa shape index (κ1) is 18.5. The number of amides is 1. The molecule has 2 aromatic carbocycles. The highest BCUT2D eigenvalue weighted by Crippen LogP contribution is 2.23. The van der Waals surface area contributed by atoms with Crippen LogP contribution in [0.15, 0.2) is 65.8 Å². The molecule has 1 aromatic heterocycles. The van der Waals surface area contributed by atoms with E-state index in [-0.39, 0.29) is 17.1 Å². The van der Waals surface area contributed by atoms with Crippen molar-refractivity contribution < 1.29 is 9.18 Å². The third-order valence-electron chi connectivity index (χ3n) is 3.96. The molecule has 0 bridgehead atoms. The van der Waals surface area contributed by atoms with E-state index in [0.29, 0.717) is 11.3 Å². The number of carbonyl (C=O) groups excluding carboxylic acids is 1. The standard InChI is InChI=1S/C21H21FN4O/c1-21(2,3)19-13-18(26(25-19)17-7-5-4-6-8-17)20(27)24-23-14-15-9-11-16(22)12-10-15/h4-14H,1-3H3,(H,24,27)/b23-14+. The first-order valence-corrected chi connectivity index (χ1v) is 8.59. The van der Waals surface area contributed by atoms with Gasteiger partial charge in [-0.3, -0.25) is 4.79 Å². The summed E-state index contributed by atoms with van der Waals surface area (Å²) in [6, 6.07) is 17.1. The van der Waals surface area contributed by atoms with E-state index in [0.717, 1.165) is 11.4 Å². The molecule has 0 aliphatic carbocycles. The summed E-state index contributed by atoms with van der Waals surface area (Å²) in [5.74, 6) is -0.696. The summed E-state index contributed by atoms with van der Waals surface area (Å²) in [5, 5.41) is 8.58. The number of halogens is 1. The predicted octanol–water partition coefficient (Wildman–Crippen LogP) is 4.07. The minimum Gasteiger partial charge on any atom is -0.266 e. The molecule has 1 amide bonds. The molecule has 3 rings (SSSR count). The fourth-order valence-electron chi connectivity index (χ4n) is 2.45. The van der Waals surface area contributed by atoms with Crippen molar-refractivity contribution in [2.45, 2.75) is 26.2 Å². The third-order valence-corrected chi connectivity index (χ3v) is 3.96. The Morgan fingerprint density at radius 2 is 1.78 bits per heavy atom. The quantitative estimate of drug-likeness (QED) is 0.560. The number of benzene rings is 2. The van der Waals surface area contributed by atoms with Crippen LogP contribution in [-0.2, 0) is 5.41 Å². The Bertz CT molecular complexity index is 954. The van der Waals surface area contributed by atoms with Gasteiger partial charge in [0.1, 0.15) is 11.5 Å². The lowest BCUT2D eigenvalue weighted by atomic mass is 9.92. The lowest BCUT2D eigenvalue weighted by molar-refractivity contribution is 0.0947. The summed E-state index contributed by atoms with van der Waals surface area (Å²) in [5.41, 5.74) is 4.98. The first-order chi connectivity index (χ1) is 12.8. The van der Waals surface area contributed by atoms with E-state index in [2.05, 4.69) is 15.6 Å². The van der Waals surface area contributed by atoms with Gasteiger partial charge in [-0.1, -0.05) is 51.1 Å². The minimum absolute atomic E-state index is 0.202. The van der Waals surface area contributed by atoms with Gasteiger partial charge in [-0.25, -0.2) is 14.5 Å². The van der Waals surface area contributed by atoms with Crippen LogP contribution in [0.5, 0.6) is 0 Å². The van der Waals surface area contributed by atoms with Gasteiger partial charge in [-0.05, 0) is 35.9 Å². The first-order valence-electron chi connectivity index (χ1n) is 8.59. The smallest absolute Gasteiger partial charge is 0.266 e. The second-order valence-electron chi connectivity index (χ2n) is 7.16. The van der Waals surface area contributed by atoms with Crippen molar-refractivity contribution in [3.05, 3.63) is 83.4 Å². The van der Waals surface area contributed by atoms with Gasteiger partial charge in [0.2, 0.25) is 0 Å². The van der Waals surface area contributed by atoms with Gasteiger partial charge in [0.15, 0.2) is 0 Å². The van der Waals surface area contributed by atoms with Crippen molar-refractivity contribution in [1.29, 1.82) is 0 Å². The summed E-state index contributed by atoms with van der Waals surface area (Å²) in [4.78, 5) is 12.7. The average molecular weight is 364 g/mol. The number of hydrogen-bond donors (Lipinski definition) is 1. The molecule has 0 radical (unpaired) electrons. The molecular formula is C21H21FN4O. The van der Waals surface area contributed by atoms with Gasteiger partial charge in [0, 0.05) is 5.41 Å². The maximum atomic E-state index is 12.9. The molecule has 0 fully saturated rings. The highest BCUT2D eigenvalue weighted by Gasteiger charge is 2.23. The Morgan fingerprint density at radius 1 is 1.11 bits per heavy atom. The Labute approximate surface area is 157 Å². The molecule has 1 heterocycles. The van der Waals surface area contributed by atoms with Crippen molar-refractivity contribution in [2.24, 2.45) is 5.10 Å². The number of hydrazone groups is 1. The number of aromatic nitrogens is 2. The SMILES string of the molecule is CC(C)(C)c1cc(C(=O)N/N=C/c2ccc(F)cc2)n(-c2ccccc2)n1. The van der Waals surface area contributed by atoms with Crippen molar-refractivity contribution in [2.75, 3.05) is 0 Å². The van der Waals surface area contributed by atoms with Gasteiger partial charge in [-0.2, -0.15) is 10.2 Å². The maximum Gasteiger partial charge on any atom is 0.290 e. The highest BCUT2D eigenvalue weighted by atomic mass is 19.1. The molecule has 1 N–H and O–H groups in total. The van der Waals surface area contributed by atoms with Crippen LogP contribution in [0.25, 0.3) is 5.69 Å². The van der Waals surface area contributed by atoms with Gasteiger partial charge in [-0.15, -0.1) is 0 Å². The molecule has 5 nitrogen and oxygen atoms in total. The Hall–Kier alpha value is -3.28. The predicted molar refractivity (Wildman–Crippen MR) is 104 cm³/mol. The molecule has 0 atom stereocenters. The highest BCUT2D eigenvalue weighted by molar-refractivity contribution is 5.94. The van der Waals surface area contributed by atoms with Crippen molar-refractivity contribution >= 4 is 12.1 Å². The summed E-state index contributed by atoms with van der Waals surface area (Å²) in [6.45, 7) is 6.12. The molecule has 0 unspecified atom stereocenters. The van der Waals surface area contributed by atoms with Gasteiger partial charge in [0.05, 0.1) is 17.6 Å². The zero-order valence-corrected chi connectivity index (χ0v) is 15.5. The molecule has 0 aliphatic heterocycles. The van der Waals surface area contributed by atoms with Crippen LogP contribution in [0.1, 0.15) is 42.5 Å². The normalized spacial score (nSPS) is 11.7. The van der Waals surface area contributed by atoms with Crippen molar-refractivity contribution in [1.82, 2.24) is 15.2 Å². The summed E-state index contributed by atoms with van der Waals surface area (Å²) < 4.78 is 14.6. The van der Waals surface area contributed by atoms with Crippen LogP contribution in [-0.4, -0.2) is 21.9 Å². The number of hydrogen-bond acceptors (Lipinski definition) is 3.